The molecule has 0 heterocycles. The van der Waals surface area contributed by atoms with Crippen molar-refractivity contribution >= 4 is 17.6 Å². The van der Waals surface area contributed by atoms with E-state index in [-0.39, 0.29) is 0 Å². The highest BCUT2D eigenvalue weighted by molar-refractivity contribution is 5.88. The van der Waals surface area contributed by atoms with Crippen molar-refractivity contribution in [2.24, 2.45) is 0 Å². The van der Waals surface area contributed by atoms with Gasteiger partial charge in [0.1, 0.15) is 5.75 Å². The Morgan fingerprint density at radius 1 is 1.05 bits per heavy atom. The fourth-order valence-corrected chi connectivity index (χ4v) is 2.61. The van der Waals surface area contributed by atoms with Gasteiger partial charge < -0.3 is 4.74 Å². The van der Waals surface area contributed by atoms with Gasteiger partial charge in [-0.05, 0) is 41.7 Å². The van der Waals surface area contributed by atoms with Crippen molar-refractivity contribution in [2.75, 3.05) is 0 Å². The van der Waals surface area contributed by atoms with E-state index in [1.54, 1.807) is 0 Å². The lowest BCUT2D eigenvalue weighted by atomic mass is 9.88. The number of allylic oxidation sites excluding steroid dienone is 1. The Hall–Kier alpha value is -2.61. The Morgan fingerprint density at radius 2 is 1.86 bits per heavy atom. The first kappa shape index (κ1) is 13.4. The number of esters is 1. The van der Waals surface area contributed by atoms with Gasteiger partial charge in [0.05, 0.1) is 0 Å². The molecular weight excluding hydrogens is 260 g/mol. The lowest BCUT2D eigenvalue weighted by Gasteiger charge is -2.19. The highest BCUT2D eigenvalue weighted by Crippen LogP contribution is 2.35. The van der Waals surface area contributed by atoms with E-state index < -0.39 is 5.97 Å². The fraction of sp³-hybridized carbons (Fsp3) is 0.105. The predicted molar refractivity (Wildman–Crippen MR) is 84.9 cm³/mol. The van der Waals surface area contributed by atoms with Crippen LogP contribution in [0.1, 0.15) is 23.1 Å². The van der Waals surface area contributed by atoms with E-state index in [4.69, 9.17) is 4.74 Å². The summed E-state index contributed by atoms with van der Waals surface area (Å²) in [5.74, 6) is 0.175. The molecule has 0 aliphatic heterocycles. The molecule has 2 aromatic carbocycles. The average molecular weight is 276 g/mol. The molecule has 2 heteroatoms. The Morgan fingerprint density at radius 3 is 2.62 bits per heavy atom. The van der Waals surface area contributed by atoms with E-state index in [0.29, 0.717) is 5.75 Å². The summed E-state index contributed by atoms with van der Waals surface area (Å²) in [6.45, 7) is 3.44. The minimum Gasteiger partial charge on any atom is -0.423 e. The molecule has 0 saturated carbocycles. The van der Waals surface area contributed by atoms with Crippen molar-refractivity contribution in [3.8, 4) is 5.75 Å². The van der Waals surface area contributed by atoms with E-state index >= 15 is 0 Å². The number of benzene rings is 2. The standard InChI is InChI=1S/C19H16O2/c1-2-19(20)21-18-10-6-9-15-11-12-16(13-17(15)18)14-7-4-3-5-8-14/h2-10,13H,1,11-12H2. The van der Waals surface area contributed by atoms with Gasteiger partial charge in [-0.2, -0.15) is 0 Å². The number of hydrogen-bond acceptors (Lipinski definition) is 2. The summed E-state index contributed by atoms with van der Waals surface area (Å²) < 4.78 is 5.34. The maximum atomic E-state index is 11.5. The van der Waals surface area contributed by atoms with Crippen LogP contribution in [0.25, 0.3) is 11.6 Å². The highest BCUT2D eigenvalue weighted by Gasteiger charge is 2.16. The Kier molecular flexibility index (Phi) is 3.69. The van der Waals surface area contributed by atoms with Crippen LogP contribution in [0.4, 0.5) is 0 Å². The van der Waals surface area contributed by atoms with Crippen LogP contribution in [0, 0.1) is 0 Å². The number of aryl methyl sites for hydroxylation is 1. The predicted octanol–water partition coefficient (Wildman–Crippen LogP) is 4.26. The minimum atomic E-state index is -0.427. The third kappa shape index (κ3) is 2.79. The molecule has 1 aliphatic rings. The molecule has 0 aromatic heterocycles. The summed E-state index contributed by atoms with van der Waals surface area (Å²) >= 11 is 0. The van der Waals surface area contributed by atoms with E-state index in [9.17, 15) is 4.79 Å². The normalized spacial score (nSPS) is 13.0. The van der Waals surface area contributed by atoms with E-state index in [1.165, 1.54) is 22.8 Å². The molecule has 0 spiro atoms. The van der Waals surface area contributed by atoms with Crippen LogP contribution < -0.4 is 4.74 Å². The summed E-state index contributed by atoms with van der Waals surface area (Å²) in [4.78, 5) is 11.5. The molecule has 21 heavy (non-hydrogen) atoms. The van der Waals surface area contributed by atoms with Gasteiger partial charge in [0.15, 0.2) is 0 Å². The van der Waals surface area contributed by atoms with Gasteiger partial charge in [0.2, 0.25) is 0 Å². The molecule has 0 atom stereocenters. The third-order valence-corrected chi connectivity index (χ3v) is 3.66. The molecule has 0 amide bonds. The largest absolute Gasteiger partial charge is 0.423 e. The lowest BCUT2D eigenvalue weighted by molar-refractivity contribution is -0.128. The Bertz CT molecular complexity index is 712. The van der Waals surface area contributed by atoms with Gasteiger partial charge >= 0.3 is 5.97 Å². The van der Waals surface area contributed by atoms with Gasteiger partial charge in [0, 0.05) is 11.6 Å². The van der Waals surface area contributed by atoms with Crippen LogP contribution >= 0.6 is 0 Å². The molecule has 2 aromatic rings. The van der Waals surface area contributed by atoms with E-state index in [0.717, 1.165) is 18.4 Å². The number of carbonyl (C=O) groups is 1. The monoisotopic (exact) mass is 276 g/mol. The molecule has 0 N–H and O–H groups in total. The van der Waals surface area contributed by atoms with E-state index in [1.807, 2.05) is 30.3 Å². The quantitative estimate of drug-likeness (QED) is 0.475. The van der Waals surface area contributed by atoms with Gasteiger partial charge in [-0.3, -0.25) is 0 Å². The Balaban J connectivity index is 2.02. The SMILES string of the molecule is C=CC(=O)Oc1cccc2c1C=C(c1ccccc1)CC2. The van der Waals surface area contributed by atoms with E-state index in [2.05, 4.69) is 30.9 Å². The summed E-state index contributed by atoms with van der Waals surface area (Å²) in [6, 6.07) is 16.1. The topological polar surface area (TPSA) is 26.3 Å². The fourth-order valence-electron chi connectivity index (χ4n) is 2.61. The molecule has 104 valence electrons. The summed E-state index contributed by atoms with van der Waals surface area (Å²) in [7, 11) is 0. The minimum absolute atomic E-state index is 0.427. The van der Waals surface area contributed by atoms with Crippen molar-refractivity contribution in [1.29, 1.82) is 0 Å². The summed E-state index contributed by atoms with van der Waals surface area (Å²) in [6.07, 6.45) is 5.26. The second kappa shape index (κ2) is 5.80. The van der Waals surface area contributed by atoms with Crippen LogP contribution in [0.15, 0.2) is 61.2 Å². The second-order valence-electron chi connectivity index (χ2n) is 4.99. The zero-order chi connectivity index (χ0) is 14.7. The molecule has 3 rings (SSSR count). The molecule has 0 unspecified atom stereocenters. The molecule has 0 fully saturated rings. The number of fused-ring (bicyclic) bond motifs is 1. The van der Waals surface area contributed by atoms with Crippen molar-refractivity contribution in [1.82, 2.24) is 0 Å². The van der Waals surface area contributed by atoms with Gasteiger partial charge in [-0.15, -0.1) is 0 Å². The third-order valence-electron chi connectivity index (χ3n) is 3.66. The second-order valence-corrected chi connectivity index (χ2v) is 4.99. The number of ether oxygens (including phenoxy) is 1. The molecule has 1 aliphatic carbocycles. The number of hydrogen-bond donors (Lipinski definition) is 0. The zero-order valence-electron chi connectivity index (χ0n) is 11.7. The van der Waals surface area contributed by atoms with Crippen molar-refractivity contribution in [3.63, 3.8) is 0 Å². The Labute approximate surface area is 124 Å². The van der Waals surface area contributed by atoms with Crippen LogP contribution in [0.5, 0.6) is 5.75 Å². The highest BCUT2D eigenvalue weighted by atomic mass is 16.5. The number of carbonyl (C=O) groups excluding carboxylic acids is 1. The summed E-state index contributed by atoms with van der Waals surface area (Å²) in [5, 5.41) is 0. The van der Waals surface area contributed by atoms with Gasteiger partial charge in [0.25, 0.3) is 0 Å². The number of rotatable bonds is 3. The molecule has 2 nitrogen and oxygen atoms in total. The van der Waals surface area contributed by atoms with Crippen molar-refractivity contribution in [3.05, 3.63) is 77.9 Å². The summed E-state index contributed by atoms with van der Waals surface area (Å²) in [5.41, 5.74) is 4.69. The van der Waals surface area contributed by atoms with Gasteiger partial charge in [-0.1, -0.05) is 49.0 Å². The first-order valence-corrected chi connectivity index (χ1v) is 7.00. The maximum absolute atomic E-state index is 11.5. The maximum Gasteiger partial charge on any atom is 0.335 e. The molecular formula is C19H16O2. The van der Waals surface area contributed by atoms with Crippen molar-refractivity contribution < 1.29 is 9.53 Å². The first-order chi connectivity index (χ1) is 10.3. The van der Waals surface area contributed by atoms with Crippen LogP contribution in [-0.4, -0.2) is 5.97 Å². The van der Waals surface area contributed by atoms with Crippen LogP contribution in [0.3, 0.4) is 0 Å². The molecule has 0 radical (unpaired) electrons. The van der Waals surface area contributed by atoms with Crippen LogP contribution in [-0.2, 0) is 11.2 Å². The molecule has 0 bridgehead atoms. The first-order valence-electron chi connectivity index (χ1n) is 7.00. The lowest BCUT2D eigenvalue weighted by Crippen LogP contribution is -2.07. The van der Waals surface area contributed by atoms with Crippen LogP contribution in [0.2, 0.25) is 0 Å². The average Bonchev–Trinajstić information content (AvgIpc) is 2.55. The molecule has 0 saturated heterocycles. The smallest absolute Gasteiger partial charge is 0.335 e. The van der Waals surface area contributed by atoms with Gasteiger partial charge in [-0.25, -0.2) is 4.79 Å². The van der Waals surface area contributed by atoms with Crippen molar-refractivity contribution in [2.45, 2.75) is 12.8 Å². The zero-order valence-corrected chi connectivity index (χ0v) is 11.7.